The van der Waals surface area contributed by atoms with Crippen LogP contribution in [0.4, 0.5) is 0 Å². The van der Waals surface area contributed by atoms with Gasteiger partial charge in [0.25, 0.3) is 0 Å². The van der Waals surface area contributed by atoms with E-state index in [0.29, 0.717) is 15.2 Å². The van der Waals surface area contributed by atoms with Crippen molar-refractivity contribution < 1.29 is 5.43 Å². The Morgan fingerprint density at radius 1 is 0.913 bits per heavy atom. The molecule has 23 heavy (non-hydrogen) atoms. The molecule has 0 aliphatic rings. The first kappa shape index (κ1) is 17.7. The molecule has 0 saturated heterocycles. The van der Waals surface area contributed by atoms with Gasteiger partial charge in [-0.05, 0) is 53.4 Å². The van der Waals surface area contributed by atoms with Crippen molar-refractivity contribution in [3.05, 3.63) is 69.7 Å². The summed E-state index contributed by atoms with van der Waals surface area (Å²) in [6, 6.07) is 14.8. The molecule has 0 atom stereocenters. The van der Waals surface area contributed by atoms with Crippen molar-refractivity contribution in [1.82, 2.24) is 0 Å². The molecule has 0 heterocycles. The van der Waals surface area contributed by atoms with Crippen molar-refractivity contribution >= 4 is 52.6 Å². The van der Waals surface area contributed by atoms with Crippen LogP contribution in [0.5, 0.6) is 0 Å². The fourth-order valence-corrected chi connectivity index (χ4v) is 2.10. The first-order valence-electron chi connectivity index (χ1n) is 6.70. The van der Waals surface area contributed by atoms with E-state index < -0.39 is 0 Å². The molecule has 0 bridgehead atoms. The molecule has 0 aliphatic carbocycles. The summed E-state index contributed by atoms with van der Waals surface area (Å²) in [6.45, 7) is 0. The smallest absolute Gasteiger partial charge is 0.165 e. The summed E-state index contributed by atoms with van der Waals surface area (Å²) in [7, 11) is 0. The highest BCUT2D eigenvalue weighted by atomic mass is 35.5. The van der Waals surface area contributed by atoms with E-state index >= 15 is 0 Å². The van der Waals surface area contributed by atoms with Gasteiger partial charge in [0.05, 0.1) is 12.4 Å². The Morgan fingerprint density at radius 3 is 1.96 bits per heavy atom. The van der Waals surface area contributed by atoms with Crippen molar-refractivity contribution in [1.29, 1.82) is 0 Å². The van der Waals surface area contributed by atoms with Crippen LogP contribution in [0.15, 0.2) is 63.8 Å². The van der Waals surface area contributed by atoms with Gasteiger partial charge in [0.2, 0.25) is 0 Å². The van der Waals surface area contributed by atoms with E-state index in [9.17, 15) is 0 Å². The molecule has 2 aromatic carbocycles. The van der Waals surface area contributed by atoms with Crippen LogP contribution >= 0.6 is 35.0 Å². The monoisotopic (exact) mass is 365 g/mol. The second kappa shape index (κ2) is 9.47. The summed E-state index contributed by atoms with van der Waals surface area (Å²) in [4.78, 5) is 0. The van der Waals surface area contributed by atoms with Crippen molar-refractivity contribution in [3.8, 4) is 0 Å². The number of quaternary nitrogens is 1. The normalized spacial score (nSPS) is 12.4. The van der Waals surface area contributed by atoms with Crippen LogP contribution in [0.2, 0.25) is 10.0 Å². The lowest BCUT2D eigenvalue weighted by Crippen LogP contribution is -2.81. The molecular weight excluding hydrogens is 351 g/mol. The third-order valence-corrected chi connectivity index (χ3v) is 3.83. The zero-order valence-electron chi connectivity index (χ0n) is 12.4. The van der Waals surface area contributed by atoms with Crippen molar-refractivity contribution in [2.75, 3.05) is 6.26 Å². The maximum Gasteiger partial charge on any atom is 0.305 e. The van der Waals surface area contributed by atoms with E-state index in [-0.39, 0.29) is 0 Å². The van der Waals surface area contributed by atoms with Crippen LogP contribution in [-0.2, 0) is 0 Å². The average molecular weight is 366 g/mol. The molecule has 118 valence electrons. The molecule has 0 amide bonds. The van der Waals surface area contributed by atoms with Gasteiger partial charge in [-0.2, -0.15) is 10.5 Å². The Kier molecular flexibility index (Phi) is 7.29. The molecule has 0 spiro atoms. The van der Waals surface area contributed by atoms with Crippen molar-refractivity contribution in [2.45, 2.75) is 0 Å². The first-order chi connectivity index (χ1) is 11.2. The number of amidine groups is 1. The Labute approximate surface area is 149 Å². The second-order valence-electron chi connectivity index (χ2n) is 4.40. The molecule has 2 rings (SSSR count). The fourth-order valence-electron chi connectivity index (χ4n) is 1.56. The predicted octanol–water partition coefficient (Wildman–Crippen LogP) is 3.64. The molecule has 0 unspecified atom stereocenters. The Hall–Kier alpha value is -1.66. The standard InChI is InChI=1S/C16H14Cl2N4S/c1-23-16(21-19-10-12-2-6-14(17)7-3-12)22-20-11-13-4-8-15(18)9-5-13/h2-11H,1H3,(H,21,22)/p+1. The van der Waals surface area contributed by atoms with E-state index in [4.69, 9.17) is 23.2 Å². The maximum atomic E-state index is 5.84. The van der Waals surface area contributed by atoms with E-state index in [2.05, 4.69) is 15.3 Å². The third kappa shape index (κ3) is 6.54. The van der Waals surface area contributed by atoms with Gasteiger partial charge in [-0.25, -0.2) is 0 Å². The summed E-state index contributed by atoms with van der Waals surface area (Å²) in [5, 5.41) is 14.5. The molecule has 0 fully saturated rings. The average Bonchev–Trinajstić information content (AvgIpc) is 2.57. The number of hydrogen-bond acceptors (Lipinski definition) is 4. The molecule has 0 aliphatic heterocycles. The lowest BCUT2D eigenvalue weighted by Gasteiger charge is -1.94. The first-order valence-corrected chi connectivity index (χ1v) is 8.68. The number of thioether (sulfide) groups is 1. The summed E-state index contributed by atoms with van der Waals surface area (Å²) >= 11 is 13.1. The van der Waals surface area contributed by atoms with Gasteiger partial charge in [-0.15, -0.1) is 0 Å². The Bertz CT molecular complexity index is 710. The Morgan fingerprint density at radius 2 is 1.43 bits per heavy atom. The highest BCUT2D eigenvalue weighted by molar-refractivity contribution is 8.12. The minimum atomic E-state index is 0.695. The molecule has 2 N–H and O–H groups in total. The fraction of sp³-hybridized carbons (Fsp3) is 0.0625. The maximum absolute atomic E-state index is 5.84. The van der Waals surface area contributed by atoms with Gasteiger partial charge in [0, 0.05) is 10.0 Å². The van der Waals surface area contributed by atoms with Crippen LogP contribution < -0.4 is 5.43 Å². The second-order valence-corrected chi connectivity index (χ2v) is 6.10. The summed E-state index contributed by atoms with van der Waals surface area (Å²) in [5.41, 5.74) is 3.57. The SMILES string of the molecule is CSC(=NN=Cc1ccc(Cl)cc1)[NH2+]N=Cc1ccc(Cl)cc1. The van der Waals surface area contributed by atoms with E-state index in [1.807, 2.05) is 54.8 Å². The number of nitrogens with zero attached hydrogens (tertiary/aromatic N) is 3. The van der Waals surface area contributed by atoms with Crippen molar-refractivity contribution in [3.63, 3.8) is 0 Å². The van der Waals surface area contributed by atoms with Gasteiger partial charge >= 0.3 is 5.17 Å². The predicted molar refractivity (Wildman–Crippen MR) is 101 cm³/mol. The van der Waals surface area contributed by atoms with Crippen molar-refractivity contribution in [2.24, 2.45) is 15.3 Å². The van der Waals surface area contributed by atoms with E-state index in [1.165, 1.54) is 11.8 Å². The number of nitrogens with two attached hydrogens (primary N) is 1. The molecule has 4 nitrogen and oxygen atoms in total. The minimum Gasteiger partial charge on any atom is -0.165 e. The van der Waals surface area contributed by atoms with Crippen LogP contribution in [0.1, 0.15) is 11.1 Å². The largest absolute Gasteiger partial charge is 0.305 e. The zero-order chi connectivity index (χ0) is 16.5. The number of benzene rings is 2. The third-order valence-electron chi connectivity index (χ3n) is 2.72. The highest BCUT2D eigenvalue weighted by Crippen LogP contribution is 2.08. The van der Waals surface area contributed by atoms with Crippen LogP contribution in [0.3, 0.4) is 0 Å². The van der Waals surface area contributed by atoms with Gasteiger partial charge in [0.1, 0.15) is 0 Å². The van der Waals surface area contributed by atoms with Gasteiger partial charge in [-0.3, -0.25) is 0 Å². The lowest BCUT2D eigenvalue weighted by atomic mass is 10.2. The zero-order valence-corrected chi connectivity index (χ0v) is 14.7. The Balaban J connectivity index is 1.93. The number of hydrogen-bond donors (Lipinski definition) is 1. The summed E-state index contributed by atoms with van der Waals surface area (Å²) in [6.07, 6.45) is 5.33. The lowest BCUT2D eigenvalue weighted by molar-refractivity contribution is -0.539. The van der Waals surface area contributed by atoms with Crippen LogP contribution in [0, 0.1) is 0 Å². The number of rotatable bonds is 4. The number of halogens is 2. The molecule has 0 radical (unpaired) electrons. The molecule has 7 heteroatoms. The van der Waals surface area contributed by atoms with Crippen LogP contribution in [0.25, 0.3) is 0 Å². The van der Waals surface area contributed by atoms with Crippen LogP contribution in [-0.4, -0.2) is 23.9 Å². The molecule has 0 saturated carbocycles. The summed E-state index contributed by atoms with van der Waals surface area (Å²) < 4.78 is 0. The molecule has 2 aromatic rings. The molecular formula is C16H15Cl2N4S+. The van der Waals surface area contributed by atoms with Gasteiger partial charge in [0.15, 0.2) is 0 Å². The quantitative estimate of drug-likeness (QED) is 0.382. The molecule has 0 aromatic heterocycles. The topological polar surface area (TPSA) is 53.7 Å². The van der Waals surface area contributed by atoms with Gasteiger partial charge < -0.3 is 0 Å². The minimum absolute atomic E-state index is 0.695. The van der Waals surface area contributed by atoms with E-state index in [0.717, 1.165) is 11.1 Å². The van der Waals surface area contributed by atoms with Gasteiger partial charge in [-0.1, -0.05) is 57.7 Å². The van der Waals surface area contributed by atoms with E-state index in [1.54, 1.807) is 17.9 Å². The summed E-state index contributed by atoms with van der Waals surface area (Å²) in [5.74, 6) is 0. The highest BCUT2D eigenvalue weighted by Gasteiger charge is 1.99.